The molecule has 0 saturated carbocycles. The van der Waals surface area contributed by atoms with Gasteiger partial charge in [-0.25, -0.2) is 0 Å². The largest absolute Gasteiger partial charge is 0.456 e. The molecule has 9 aromatic rings. The Morgan fingerprint density at radius 3 is 2.12 bits per heavy atom. The molecule has 0 amide bonds. The maximum Gasteiger partial charge on any atom is 0.136 e. The predicted molar refractivity (Wildman–Crippen MR) is 209 cm³/mol. The van der Waals surface area contributed by atoms with Crippen LogP contribution < -0.4 is 0 Å². The van der Waals surface area contributed by atoms with Crippen LogP contribution in [0.15, 0.2) is 162 Å². The van der Waals surface area contributed by atoms with Gasteiger partial charge in [0.1, 0.15) is 11.2 Å². The summed E-state index contributed by atoms with van der Waals surface area (Å²) in [4.78, 5) is 0. The average molecular weight is 631 g/mol. The lowest BCUT2D eigenvalue weighted by atomic mass is 9.85. The van der Waals surface area contributed by atoms with Crippen LogP contribution >= 0.6 is 11.3 Å². The summed E-state index contributed by atoms with van der Waals surface area (Å²) in [5.41, 5.74) is 8.19. The van der Waals surface area contributed by atoms with E-state index in [0.717, 1.165) is 28.4 Å². The van der Waals surface area contributed by atoms with Gasteiger partial charge in [0.2, 0.25) is 0 Å². The highest BCUT2D eigenvalue weighted by Gasteiger charge is 2.18. The van der Waals surface area contributed by atoms with Gasteiger partial charge in [0.25, 0.3) is 0 Å². The fourth-order valence-electron chi connectivity index (χ4n) is 7.81. The molecule has 1 nitrogen and oxygen atoms in total. The summed E-state index contributed by atoms with van der Waals surface area (Å²) in [5.74, 6) is 0. The molecule has 0 unspecified atom stereocenters. The van der Waals surface area contributed by atoms with Crippen LogP contribution in [0.1, 0.15) is 18.9 Å². The molecule has 226 valence electrons. The zero-order valence-corrected chi connectivity index (χ0v) is 27.3. The van der Waals surface area contributed by atoms with Gasteiger partial charge in [-0.2, -0.15) is 0 Å². The monoisotopic (exact) mass is 630 g/mol. The van der Waals surface area contributed by atoms with E-state index in [2.05, 4.69) is 159 Å². The van der Waals surface area contributed by atoms with E-state index in [1.54, 1.807) is 0 Å². The Morgan fingerprint density at radius 2 is 1.35 bits per heavy atom. The van der Waals surface area contributed by atoms with Gasteiger partial charge in [0, 0.05) is 30.9 Å². The van der Waals surface area contributed by atoms with Crippen molar-refractivity contribution in [3.05, 3.63) is 163 Å². The predicted octanol–water partition coefficient (Wildman–Crippen LogP) is 13.9. The van der Waals surface area contributed by atoms with Crippen molar-refractivity contribution in [2.75, 3.05) is 0 Å². The van der Waals surface area contributed by atoms with Crippen LogP contribution in [-0.4, -0.2) is 0 Å². The molecule has 2 heteroatoms. The molecule has 0 fully saturated rings. The van der Waals surface area contributed by atoms with Crippen molar-refractivity contribution in [2.45, 2.75) is 13.3 Å². The first-order valence-corrected chi connectivity index (χ1v) is 17.4. The van der Waals surface area contributed by atoms with Crippen LogP contribution in [0.3, 0.4) is 0 Å². The molecule has 0 N–H and O–H groups in total. The molecule has 48 heavy (non-hydrogen) atoms. The Hall–Kier alpha value is -5.70. The van der Waals surface area contributed by atoms with E-state index in [1.807, 2.05) is 11.3 Å². The van der Waals surface area contributed by atoms with Gasteiger partial charge in [-0.15, -0.1) is 11.3 Å². The Balaban J connectivity index is 1.22. The number of furan rings is 1. The van der Waals surface area contributed by atoms with Crippen molar-refractivity contribution >= 4 is 91.3 Å². The van der Waals surface area contributed by atoms with E-state index < -0.39 is 0 Å². The van der Waals surface area contributed by atoms with Crippen molar-refractivity contribution in [3.63, 3.8) is 0 Å². The third-order valence-electron chi connectivity index (χ3n) is 10.0. The summed E-state index contributed by atoms with van der Waals surface area (Å²) in [7, 11) is 0. The van der Waals surface area contributed by atoms with Crippen LogP contribution in [0.4, 0.5) is 0 Å². The number of allylic oxidation sites excluding steroid dienone is 8. The first kappa shape index (κ1) is 27.4. The molecular weight excluding hydrogens is 601 g/mol. The summed E-state index contributed by atoms with van der Waals surface area (Å²) in [6, 6.07) is 42.4. The highest BCUT2D eigenvalue weighted by Crippen LogP contribution is 2.45. The van der Waals surface area contributed by atoms with Gasteiger partial charge >= 0.3 is 0 Å². The third-order valence-corrected chi connectivity index (χ3v) is 11.2. The van der Waals surface area contributed by atoms with Crippen molar-refractivity contribution in [3.8, 4) is 11.1 Å². The van der Waals surface area contributed by atoms with Crippen molar-refractivity contribution < 1.29 is 4.42 Å². The van der Waals surface area contributed by atoms with Crippen molar-refractivity contribution in [1.82, 2.24) is 0 Å². The number of rotatable bonds is 3. The normalized spacial score (nSPS) is 14.7. The summed E-state index contributed by atoms with van der Waals surface area (Å²) >= 11 is 1.87. The molecule has 2 aromatic heterocycles. The molecular formula is C46H30OS. The van der Waals surface area contributed by atoms with E-state index in [1.165, 1.54) is 80.3 Å². The highest BCUT2D eigenvalue weighted by molar-refractivity contribution is 7.26. The van der Waals surface area contributed by atoms with Gasteiger partial charge in [0.05, 0.1) is 0 Å². The van der Waals surface area contributed by atoms with Crippen molar-refractivity contribution in [1.29, 1.82) is 0 Å². The molecule has 1 aliphatic carbocycles. The number of hydrogen-bond acceptors (Lipinski definition) is 2. The fraction of sp³-hybridized carbons (Fsp3) is 0.0435. The molecule has 0 atom stereocenters. The lowest BCUT2D eigenvalue weighted by molar-refractivity contribution is 0.669. The van der Waals surface area contributed by atoms with Gasteiger partial charge in [0.15, 0.2) is 0 Å². The molecule has 0 radical (unpaired) electrons. The van der Waals surface area contributed by atoms with E-state index >= 15 is 0 Å². The van der Waals surface area contributed by atoms with Gasteiger partial charge < -0.3 is 4.42 Å². The van der Waals surface area contributed by atoms with Crippen LogP contribution in [0.5, 0.6) is 0 Å². The molecule has 10 rings (SSSR count). The topological polar surface area (TPSA) is 13.1 Å². The van der Waals surface area contributed by atoms with Crippen LogP contribution in [0.2, 0.25) is 0 Å². The zero-order chi connectivity index (χ0) is 31.8. The lowest BCUT2D eigenvalue weighted by Crippen LogP contribution is -1.92. The molecule has 0 saturated heterocycles. The summed E-state index contributed by atoms with van der Waals surface area (Å²) in [6.45, 7) is 2.25. The highest BCUT2D eigenvalue weighted by atomic mass is 32.1. The smallest absolute Gasteiger partial charge is 0.136 e. The molecule has 2 heterocycles. The van der Waals surface area contributed by atoms with Crippen LogP contribution in [0, 0.1) is 0 Å². The standard InChI is InChI=1S/C46H30OS/c1-28(19-20-29-11-3-2-4-12-29)44-32-13-5-7-15-34(32)45(35-16-8-6-14-33(35)44)31-21-23-40-38(25-31)39-27-37-30(26-41(39)47-40)22-24-43-46(37)36-17-9-10-18-42(36)48-43/h2-11,13-27H,12H2,1H3/b28-19+,29-20-. The maximum absolute atomic E-state index is 6.52. The SMILES string of the molecule is C/C(=C\C=C1\C=CC=CC1)c1c2ccccc2c(-c2ccc3oc4cc5ccc6sc7ccccc7c6c5cc4c3c2)c2ccccc12. The second kappa shape index (κ2) is 10.7. The Kier molecular flexibility index (Phi) is 6.09. The average Bonchev–Trinajstić information content (AvgIpc) is 3.70. The van der Waals surface area contributed by atoms with E-state index in [9.17, 15) is 0 Å². The summed E-state index contributed by atoms with van der Waals surface area (Å²) < 4.78 is 9.16. The van der Waals surface area contributed by atoms with Gasteiger partial charge in [-0.1, -0.05) is 115 Å². The second-order valence-electron chi connectivity index (χ2n) is 12.8. The quantitative estimate of drug-likeness (QED) is 0.177. The Morgan fingerprint density at radius 1 is 0.625 bits per heavy atom. The Labute approximate surface area is 282 Å². The van der Waals surface area contributed by atoms with Gasteiger partial charge in [-0.3, -0.25) is 0 Å². The third kappa shape index (κ3) is 4.16. The number of thiophene rings is 1. The number of benzene rings is 7. The zero-order valence-electron chi connectivity index (χ0n) is 26.5. The molecule has 7 aromatic carbocycles. The fourth-order valence-corrected chi connectivity index (χ4v) is 8.93. The maximum atomic E-state index is 6.52. The van der Waals surface area contributed by atoms with E-state index in [4.69, 9.17) is 4.42 Å². The lowest BCUT2D eigenvalue weighted by Gasteiger charge is -2.18. The van der Waals surface area contributed by atoms with Crippen LogP contribution in [-0.2, 0) is 0 Å². The summed E-state index contributed by atoms with van der Waals surface area (Å²) in [6.07, 6.45) is 14.2. The van der Waals surface area contributed by atoms with Crippen molar-refractivity contribution in [2.24, 2.45) is 0 Å². The first-order chi connectivity index (χ1) is 23.7. The van der Waals surface area contributed by atoms with E-state index in [-0.39, 0.29) is 0 Å². The number of fused-ring (bicyclic) bond motifs is 10. The minimum atomic E-state index is 0.916. The summed E-state index contributed by atoms with van der Waals surface area (Å²) in [5, 5.41) is 12.5. The Bertz CT molecular complexity index is 2860. The van der Waals surface area contributed by atoms with Gasteiger partial charge in [-0.05, 0) is 110 Å². The molecule has 0 aliphatic heterocycles. The molecule has 0 spiro atoms. The molecule has 0 bridgehead atoms. The van der Waals surface area contributed by atoms with Crippen LogP contribution in [0.25, 0.3) is 91.1 Å². The first-order valence-electron chi connectivity index (χ1n) is 16.6. The second-order valence-corrected chi connectivity index (χ2v) is 13.9. The molecule has 1 aliphatic rings. The minimum absolute atomic E-state index is 0.916. The number of hydrogen-bond donors (Lipinski definition) is 0. The minimum Gasteiger partial charge on any atom is -0.456 e. The van der Waals surface area contributed by atoms with E-state index in [0.29, 0.717) is 0 Å².